The molecule has 0 aromatic carbocycles. The third-order valence-electron chi connectivity index (χ3n) is 2.11. The Morgan fingerprint density at radius 1 is 1.11 bits per heavy atom. The number of anilines is 1. The Hall–Kier alpha value is -1.34. The Kier molecular flexibility index (Phi) is 5.87. The molecule has 0 aliphatic rings. The number of hydrogen-bond donors (Lipinski definition) is 0. The topological polar surface area (TPSA) is 69.6 Å². The normalized spacial score (nSPS) is 12.1. The van der Waals surface area contributed by atoms with Gasteiger partial charge in [0.1, 0.15) is 0 Å². The van der Waals surface area contributed by atoms with Crippen LogP contribution in [0.1, 0.15) is 0 Å². The second kappa shape index (κ2) is 7.17. The maximum atomic E-state index is 6.07. The van der Waals surface area contributed by atoms with Gasteiger partial charge in [-0.05, 0) is 0 Å². The van der Waals surface area contributed by atoms with Crippen LogP contribution in [-0.4, -0.2) is 61.9 Å². The maximum absolute atomic E-state index is 6.07. The van der Waals surface area contributed by atoms with E-state index in [2.05, 4.69) is 15.0 Å². The van der Waals surface area contributed by atoms with Crippen molar-refractivity contribution in [3.8, 4) is 12.0 Å². The average molecular weight is 277 g/mol. The van der Waals surface area contributed by atoms with Gasteiger partial charge in [0.05, 0.1) is 26.2 Å². The van der Waals surface area contributed by atoms with Gasteiger partial charge in [0.25, 0.3) is 0 Å². The molecular weight excluding hydrogens is 260 g/mol. The number of halogens is 1. The minimum absolute atomic E-state index is 0.159. The highest BCUT2D eigenvalue weighted by atomic mass is 35.5. The van der Waals surface area contributed by atoms with Crippen LogP contribution in [0.15, 0.2) is 0 Å². The minimum Gasteiger partial charge on any atom is -0.467 e. The third-order valence-corrected chi connectivity index (χ3v) is 2.37. The largest absolute Gasteiger partial charge is 0.467 e. The standard InChI is InChI=1S/C10H17ClN4O3/c1-15(5-7(11)6-16-2)8-12-9(17-3)14-10(13-8)18-4/h7H,5-6H2,1-4H3. The van der Waals surface area contributed by atoms with Crippen LogP contribution in [0.2, 0.25) is 0 Å². The molecule has 1 rings (SSSR count). The quantitative estimate of drug-likeness (QED) is 0.675. The summed E-state index contributed by atoms with van der Waals surface area (Å²) in [5.41, 5.74) is 0. The number of rotatable bonds is 7. The summed E-state index contributed by atoms with van der Waals surface area (Å²) in [7, 11) is 6.38. The molecule has 0 fully saturated rings. The number of hydrogen-bond acceptors (Lipinski definition) is 7. The molecule has 0 spiro atoms. The highest BCUT2D eigenvalue weighted by molar-refractivity contribution is 6.21. The van der Waals surface area contributed by atoms with Crippen molar-refractivity contribution in [1.82, 2.24) is 15.0 Å². The van der Waals surface area contributed by atoms with E-state index in [0.29, 0.717) is 19.1 Å². The zero-order valence-electron chi connectivity index (χ0n) is 10.9. The van der Waals surface area contributed by atoms with Gasteiger partial charge in [-0.25, -0.2) is 0 Å². The highest BCUT2D eigenvalue weighted by Crippen LogP contribution is 2.15. The van der Waals surface area contributed by atoms with E-state index in [-0.39, 0.29) is 17.4 Å². The summed E-state index contributed by atoms with van der Waals surface area (Å²) < 4.78 is 14.9. The maximum Gasteiger partial charge on any atom is 0.324 e. The first-order valence-corrected chi connectivity index (χ1v) is 5.72. The molecule has 1 heterocycles. The molecule has 1 unspecified atom stereocenters. The molecule has 0 saturated carbocycles. The van der Waals surface area contributed by atoms with Gasteiger partial charge in [0.2, 0.25) is 5.95 Å². The molecule has 8 heteroatoms. The van der Waals surface area contributed by atoms with Gasteiger partial charge < -0.3 is 19.1 Å². The number of alkyl halides is 1. The van der Waals surface area contributed by atoms with Crippen LogP contribution in [0.4, 0.5) is 5.95 Å². The molecule has 18 heavy (non-hydrogen) atoms. The van der Waals surface area contributed by atoms with E-state index in [1.807, 2.05) is 7.05 Å². The molecule has 102 valence electrons. The lowest BCUT2D eigenvalue weighted by atomic mass is 10.4. The SMILES string of the molecule is COCC(Cl)CN(C)c1nc(OC)nc(OC)n1. The predicted molar refractivity (Wildman–Crippen MR) is 67.7 cm³/mol. The number of aromatic nitrogens is 3. The summed E-state index contributed by atoms with van der Waals surface area (Å²) in [6.07, 6.45) is 0. The molecule has 1 aromatic rings. The van der Waals surface area contributed by atoms with E-state index in [1.54, 1.807) is 12.0 Å². The van der Waals surface area contributed by atoms with Crippen molar-refractivity contribution in [1.29, 1.82) is 0 Å². The average Bonchev–Trinajstić information content (AvgIpc) is 2.38. The van der Waals surface area contributed by atoms with Crippen molar-refractivity contribution in [2.45, 2.75) is 5.38 Å². The van der Waals surface area contributed by atoms with Gasteiger partial charge in [0.15, 0.2) is 0 Å². The zero-order valence-corrected chi connectivity index (χ0v) is 11.6. The summed E-state index contributed by atoms with van der Waals surface area (Å²) in [5.74, 6) is 0.431. The number of ether oxygens (including phenoxy) is 3. The minimum atomic E-state index is -0.159. The fraction of sp³-hybridized carbons (Fsp3) is 0.700. The number of methoxy groups -OCH3 is 3. The molecular formula is C10H17ClN4O3. The molecule has 0 amide bonds. The van der Waals surface area contributed by atoms with Gasteiger partial charge >= 0.3 is 12.0 Å². The molecule has 0 aliphatic carbocycles. The third kappa shape index (κ3) is 4.15. The monoisotopic (exact) mass is 276 g/mol. The van der Waals surface area contributed by atoms with Crippen LogP contribution in [0.5, 0.6) is 12.0 Å². The fourth-order valence-corrected chi connectivity index (χ4v) is 1.63. The smallest absolute Gasteiger partial charge is 0.324 e. The number of nitrogens with zero attached hydrogens (tertiary/aromatic N) is 4. The molecule has 0 aliphatic heterocycles. The first-order valence-electron chi connectivity index (χ1n) is 5.29. The lowest BCUT2D eigenvalue weighted by molar-refractivity contribution is 0.199. The Labute approximate surface area is 111 Å². The lowest BCUT2D eigenvalue weighted by Crippen LogP contribution is -2.30. The molecule has 1 atom stereocenters. The molecule has 7 nitrogen and oxygen atoms in total. The summed E-state index contributed by atoms with van der Waals surface area (Å²) in [6, 6.07) is 0.392. The van der Waals surface area contributed by atoms with Gasteiger partial charge in [-0.3, -0.25) is 0 Å². The van der Waals surface area contributed by atoms with E-state index in [9.17, 15) is 0 Å². The van der Waals surface area contributed by atoms with Crippen LogP contribution in [0, 0.1) is 0 Å². The Balaban J connectivity index is 2.80. The van der Waals surface area contributed by atoms with Crippen LogP contribution in [0.25, 0.3) is 0 Å². The summed E-state index contributed by atoms with van der Waals surface area (Å²) in [6.45, 7) is 0.983. The van der Waals surface area contributed by atoms with Crippen LogP contribution < -0.4 is 14.4 Å². The molecule has 0 N–H and O–H groups in total. The summed E-state index contributed by atoms with van der Waals surface area (Å²) in [5, 5.41) is -0.159. The molecule has 0 bridgehead atoms. The lowest BCUT2D eigenvalue weighted by Gasteiger charge is -2.20. The van der Waals surface area contributed by atoms with Crippen LogP contribution in [-0.2, 0) is 4.74 Å². The van der Waals surface area contributed by atoms with Gasteiger partial charge in [-0.15, -0.1) is 16.6 Å². The van der Waals surface area contributed by atoms with E-state index < -0.39 is 0 Å². The van der Waals surface area contributed by atoms with E-state index in [0.717, 1.165) is 0 Å². The Morgan fingerprint density at radius 3 is 2.11 bits per heavy atom. The molecule has 0 radical (unpaired) electrons. The first-order chi connectivity index (χ1) is 8.60. The predicted octanol–water partition coefficient (Wildman–Crippen LogP) is 0.579. The zero-order chi connectivity index (χ0) is 13.5. The second-order valence-corrected chi connectivity index (χ2v) is 4.16. The van der Waals surface area contributed by atoms with E-state index in [4.69, 9.17) is 25.8 Å². The Bertz CT molecular complexity index is 358. The van der Waals surface area contributed by atoms with Crippen molar-refractivity contribution < 1.29 is 14.2 Å². The first kappa shape index (κ1) is 14.7. The Morgan fingerprint density at radius 2 is 1.67 bits per heavy atom. The van der Waals surface area contributed by atoms with Crippen LogP contribution in [0.3, 0.4) is 0 Å². The van der Waals surface area contributed by atoms with Crippen molar-refractivity contribution in [2.24, 2.45) is 0 Å². The fourth-order valence-electron chi connectivity index (χ4n) is 1.29. The van der Waals surface area contributed by atoms with Gasteiger partial charge in [-0.1, -0.05) is 0 Å². The summed E-state index contributed by atoms with van der Waals surface area (Å²) in [4.78, 5) is 13.9. The second-order valence-electron chi connectivity index (χ2n) is 3.54. The van der Waals surface area contributed by atoms with Gasteiger partial charge in [-0.2, -0.15) is 9.97 Å². The highest BCUT2D eigenvalue weighted by Gasteiger charge is 2.14. The van der Waals surface area contributed by atoms with E-state index >= 15 is 0 Å². The van der Waals surface area contributed by atoms with Crippen molar-refractivity contribution in [3.63, 3.8) is 0 Å². The van der Waals surface area contributed by atoms with Crippen molar-refractivity contribution in [3.05, 3.63) is 0 Å². The van der Waals surface area contributed by atoms with Crippen molar-refractivity contribution in [2.75, 3.05) is 46.4 Å². The summed E-state index contributed by atoms with van der Waals surface area (Å²) >= 11 is 6.07. The molecule has 0 saturated heterocycles. The van der Waals surface area contributed by atoms with Crippen LogP contribution >= 0.6 is 11.6 Å². The molecule has 1 aromatic heterocycles. The van der Waals surface area contributed by atoms with Gasteiger partial charge in [0, 0.05) is 20.7 Å². The van der Waals surface area contributed by atoms with E-state index in [1.165, 1.54) is 14.2 Å². The van der Waals surface area contributed by atoms with Crippen molar-refractivity contribution >= 4 is 17.5 Å².